The van der Waals surface area contributed by atoms with Gasteiger partial charge in [0.1, 0.15) is 6.04 Å². The first-order valence-electron chi connectivity index (χ1n) is 5.66. The van der Waals surface area contributed by atoms with Crippen molar-refractivity contribution in [2.75, 3.05) is 19.5 Å². The molecule has 18 heavy (non-hydrogen) atoms. The van der Waals surface area contributed by atoms with Gasteiger partial charge in [-0.15, -0.1) is 0 Å². The van der Waals surface area contributed by atoms with E-state index in [2.05, 4.69) is 15.4 Å². The second kappa shape index (κ2) is 6.05. The van der Waals surface area contributed by atoms with E-state index in [4.69, 9.17) is 0 Å². The number of amides is 1. The lowest BCUT2D eigenvalue weighted by Crippen LogP contribution is -2.27. The highest BCUT2D eigenvalue weighted by atomic mass is 16.5. The molecule has 0 aliphatic heterocycles. The van der Waals surface area contributed by atoms with Crippen molar-refractivity contribution in [2.24, 2.45) is 0 Å². The Balaban J connectivity index is 2.94. The van der Waals surface area contributed by atoms with Crippen LogP contribution in [0.25, 0.3) is 0 Å². The van der Waals surface area contributed by atoms with Crippen molar-refractivity contribution in [3.63, 3.8) is 0 Å². The van der Waals surface area contributed by atoms with E-state index in [-0.39, 0.29) is 11.9 Å². The number of benzene rings is 1. The van der Waals surface area contributed by atoms with Gasteiger partial charge < -0.3 is 15.4 Å². The SMILES string of the molecule is CNC(=O)c1ccc(C)c(NC(C)C(=O)OC)c1. The third-order valence-corrected chi connectivity index (χ3v) is 2.65. The van der Waals surface area contributed by atoms with Gasteiger partial charge in [0.15, 0.2) is 0 Å². The van der Waals surface area contributed by atoms with Crippen molar-refractivity contribution in [2.45, 2.75) is 19.9 Å². The lowest BCUT2D eigenvalue weighted by Gasteiger charge is -2.15. The topological polar surface area (TPSA) is 67.4 Å². The van der Waals surface area contributed by atoms with Crippen LogP contribution in [0.5, 0.6) is 0 Å². The van der Waals surface area contributed by atoms with Gasteiger partial charge in [-0.3, -0.25) is 4.79 Å². The number of hydrogen-bond donors (Lipinski definition) is 2. The van der Waals surface area contributed by atoms with Crippen LogP contribution in [0, 0.1) is 6.92 Å². The molecule has 0 saturated carbocycles. The number of methoxy groups -OCH3 is 1. The molecule has 0 spiro atoms. The van der Waals surface area contributed by atoms with Crippen LogP contribution in [-0.2, 0) is 9.53 Å². The molecule has 0 heterocycles. The van der Waals surface area contributed by atoms with E-state index in [1.54, 1.807) is 26.1 Å². The molecule has 98 valence electrons. The fourth-order valence-electron chi connectivity index (χ4n) is 1.53. The highest BCUT2D eigenvalue weighted by Crippen LogP contribution is 2.18. The number of carbonyl (C=O) groups excluding carboxylic acids is 2. The third kappa shape index (κ3) is 3.23. The molecule has 1 unspecified atom stereocenters. The Bertz CT molecular complexity index is 458. The normalized spacial score (nSPS) is 11.6. The molecule has 1 amide bonds. The minimum absolute atomic E-state index is 0.163. The van der Waals surface area contributed by atoms with Crippen LogP contribution in [0.2, 0.25) is 0 Å². The monoisotopic (exact) mass is 250 g/mol. The van der Waals surface area contributed by atoms with Crippen LogP contribution in [-0.4, -0.2) is 32.1 Å². The van der Waals surface area contributed by atoms with E-state index >= 15 is 0 Å². The molecule has 5 nitrogen and oxygen atoms in total. The Kier molecular flexibility index (Phi) is 4.71. The number of rotatable bonds is 4. The molecule has 2 N–H and O–H groups in total. The highest BCUT2D eigenvalue weighted by Gasteiger charge is 2.14. The Labute approximate surface area is 107 Å². The van der Waals surface area contributed by atoms with Gasteiger partial charge in [-0.05, 0) is 31.5 Å². The maximum Gasteiger partial charge on any atom is 0.327 e. The number of anilines is 1. The van der Waals surface area contributed by atoms with Crippen LogP contribution >= 0.6 is 0 Å². The van der Waals surface area contributed by atoms with E-state index in [1.807, 2.05) is 13.0 Å². The van der Waals surface area contributed by atoms with Crippen molar-refractivity contribution < 1.29 is 14.3 Å². The van der Waals surface area contributed by atoms with Crippen LogP contribution < -0.4 is 10.6 Å². The Morgan fingerprint density at radius 2 is 2.00 bits per heavy atom. The van der Waals surface area contributed by atoms with Crippen LogP contribution in [0.3, 0.4) is 0 Å². The summed E-state index contributed by atoms with van der Waals surface area (Å²) in [4.78, 5) is 22.9. The Morgan fingerprint density at radius 1 is 1.33 bits per heavy atom. The molecule has 0 aromatic heterocycles. The minimum Gasteiger partial charge on any atom is -0.467 e. The fourth-order valence-corrected chi connectivity index (χ4v) is 1.53. The van der Waals surface area contributed by atoms with Crippen LogP contribution in [0.4, 0.5) is 5.69 Å². The lowest BCUT2D eigenvalue weighted by molar-refractivity contribution is -0.141. The van der Waals surface area contributed by atoms with Crippen molar-refractivity contribution in [1.29, 1.82) is 0 Å². The summed E-state index contributed by atoms with van der Waals surface area (Å²) in [6.07, 6.45) is 0. The van der Waals surface area contributed by atoms with Gasteiger partial charge >= 0.3 is 5.97 Å². The number of nitrogens with one attached hydrogen (secondary N) is 2. The molecule has 1 atom stereocenters. The number of aryl methyl sites for hydroxylation is 1. The fraction of sp³-hybridized carbons (Fsp3) is 0.385. The summed E-state index contributed by atoms with van der Waals surface area (Å²) in [6, 6.07) is 4.82. The standard InChI is InChI=1S/C13H18N2O3/c1-8-5-6-10(12(16)14-3)7-11(8)15-9(2)13(17)18-4/h5-7,9,15H,1-4H3,(H,14,16). The van der Waals surface area contributed by atoms with Gasteiger partial charge in [-0.2, -0.15) is 0 Å². The molecule has 5 heteroatoms. The summed E-state index contributed by atoms with van der Waals surface area (Å²) in [5.41, 5.74) is 2.25. The molecule has 1 rings (SSSR count). The van der Waals surface area contributed by atoms with Gasteiger partial charge in [0, 0.05) is 18.3 Å². The molecule has 1 aromatic rings. The van der Waals surface area contributed by atoms with Gasteiger partial charge in [0.05, 0.1) is 7.11 Å². The minimum atomic E-state index is -0.464. The van der Waals surface area contributed by atoms with Gasteiger partial charge in [-0.1, -0.05) is 6.07 Å². The quantitative estimate of drug-likeness (QED) is 0.791. The number of hydrogen-bond acceptors (Lipinski definition) is 4. The maximum absolute atomic E-state index is 11.5. The third-order valence-electron chi connectivity index (χ3n) is 2.65. The van der Waals surface area contributed by atoms with Gasteiger partial charge in [0.25, 0.3) is 5.91 Å². The number of ether oxygens (including phenoxy) is 1. The molecule has 0 saturated heterocycles. The van der Waals surface area contributed by atoms with Crippen molar-refractivity contribution in [3.8, 4) is 0 Å². The van der Waals surface area contributed by atoms with Crippen molar-refractivity contribution in [1.82, 2.24) is 5.32 Å². The molecule has 0 aliphatic rings. The van der Waals surface area contributed by atoms with E-state index in [0.717, 1.165) is 11.3 Å². The Hall–Kier alpha value is -2.04. The molecule has 0 radical (unpaired) electrons. The van der Waals surface area contributed by atoms with Gasteiger partial charge in [0.2, 0.25) is 0 Å². The first-order chi connectivity index (χ1) is 8.49. The Morgan fingerprint density at radius 3 is 2.56 bits per heavy atom. The van der Waals surface area contributed by atoms with Crippen LogP contribution in [0.1, 0.15) is 22.8 Å². The smallest absolute Gasteiger partial charge is 0.327 e. The summed E-state index contributed by atoms with van der Waals surface area (Å²) >= 11 is 0. The zero-order valence-corrected chi connectivity index (χ0v) is 11.0. The number of esters is 1. The summed E-state index contributed by atoms with van der Waals surface area (Å²) in [5.74, 6) is -0.511. The van der Waals surface area contributed by atoms with E-state index in [1.165, 1.54) is 7.11 Å². The number of carbonyl (C=O) groups is 2. The molecule has 0 fully saturated rings. The van der Waals surface area contributed by atoms with Crippen molar-refractivity contribution in [3.05, 3.63) is 29.3 Å². The largest absolute Gasteiger partial charge is 0.467 e. The second-order valence-corrected chi connectivity index (χ2v) is 4.00. The zero-order chi connectivity index (χ0) is 13.7. The van der Waals surface area contributed by atoms with E-state index < -0.39 is 6.04 Å². The highest BCUT2D eigenvalue weighted by molar-refractivity contribution is 5.95. The van der Waals surface area contributed by atoms with Crippen LogP contribution in [0.15, 0.2) is 18.2 Å². The first-order valence-corrected chi connectivity index (χ1v) is 5.66. The predicted octanol–water partition coefficient (Wildman–Crippen LogP) is 1.33. The molecular formula is C13H18N2O3. The maximum atomic E-state index is 11.5. The molecular weight excluding hydrogens is 232 g/mol. The van der Waals surface area contributed by atoms with Crippen molar-refractivity contribution >= 4 is 17.6 Å². The lowest BCUT2D eigenvalue weighted by atomic mass is 10.1. The molecule has 1 aromatic carbocycles. The summed E-state index contributed by atoms with van der Waals surface area (Å²) in [7, 11) is 2.92. The summed E-state index contributed by atoms with van der Waals surface area (Å²) < 4.78 is 4.64. The van der Waals surface area contributed by atoms with Gasteiger partial charge in [-0.25, -0.2) is 4.79 Å². The second-order valence-electron chi connectivity index (χ2n) is 4.00. The molecule has 0 bridgehead atoms. The average molecular weight is 250 g/mol. The summed E-state index contributed by atoms with van der Waals surface area (Å²) in [6.45, 7) is 3.61. The average Bonchev–Trinajstić information content (AvgIpc) is 2.39. The molecule has 0 aliphatic carbocycles. The summed E-state index contributed by atoms with van der Waals surface area (Å²) in [5, 5.41) is 5.58. The predicted molar refractivity (Wildman–Crippen MR) is 69.7 cm³/mol. The zero-order valence-electron chi connectivity index (χ0n) is 11.0. The first kappa shape index (κ1) is 14.0. The van der Waals surface area contributed by atoms with E-state index in [0.29, 0.717) is 5.56 Å². The van der Waals surface area contributed by atoms with E-state index in [9.17, 15) is 9.59 Å².